The van der Waals surface area contributed by atoms with Crippen molar-refractivity contribution >= 4 is 11.9 Å². The molecule has 1 spiro atoms. The fourth-order valence-electron chi connectivity index (χ4n) is 6.83. The van der Waals surface area contributed by atoms with Crippen molar-refractivity contribution in [3.8, 4) is 0 Å². The van der Waals surface area contributed by atoms with Crippen LogP contribution in [0.2, 0.25) is 0 Å². The first-order valence-electron chi connectivity index (χ1n) is 9.58. The highest BCUT2D eigenvalue weighted by Gasteiger charge is 2.74. The van der Waals surface area contributed by atoms with Gasteiger partial charge in [-0.25, -0.2) is 0 Å². The van der Waals surface area contributed by atoms with E-state index >= 15 is 0 Å². The maximum atomic E-state index is 12.9. The summed E-state index contributed by atoms with van der Waals surface area (Å²) >= 11 is 0. The molecule has 6 nitrogen and oxygen atoms in total. The van der Waals surface area contributed by atoms with Crippen LogP contribution in [0.25, 0.3) is 0 Å². The van der Waals surface area contributed by atoms with Crippen molar-refractivity contribution in [3.63, 3.8) is 0 Å². The first kappa shape index (κ1) is 15.3. The minimum absolute atomic E-state index is 0.0734. The second kappa shape index (κ2) is 4.71. The molecule has 3 aliphatic heterocycles. The van der Waals surface area contributed by atoms with Crippen molar-refractivity contribution in [1.82, 2.24) is 0 Å². The average molecular weight is 358 g/mol. The third kappa shape index (κ3) is 1.71. The maximum absolute atomic E-state index is 12.9. The Morgan fingerprint density at radius 3 is 2.88 bits per heavy atom. The number of epoxide rings is 1. The lowest BCUT2D eigenvalue weighted by molar-refractivity contribution is -0.199. The zero-order chi connectivity index (χ0) is 17.7. The Kier molecular flexibility index (Phi) is 2.77. The Labute approximate surface area is 151 Å². The molecule has 0 N–H and O–H groups in total. The Morgan fingerprint density at radius 1 is 1.19 bits per heavy atom. The predicted molar refractivity (Wildman–Crippen MR) is 86.6 cm³/mol. The summed E-state index contributed by atoms with van der Waals surface area (Å²) in [7, 11) is 0. The number of hydrogen-bond donors (Lipinski definition) is 0. The highest BCUT2D eigenvalue weighted by Crippen LogP contribution is 2.70. The van der Waals surface area contributed by atoms with Crippen molar-refractivity contribution in [2.45, 2.75) is 50.9 Å². The molecule has 5 aliphatic rings. The van der Waals surface area contributed by atoms with Crippen LogP contribution in [-0.4, -0.2) is 30.8 Å². The number of rotatable bonds is 1. The van der Waals surface area contributed by atoms with Crippen molar-refractivity contribution in [2.24, 2.45) is 28.6 Å². The van der Waals surface area contributed by atoms with E-state index < -0.39 is 0 Å². The number of fused-ring (bicyclic) bond motifs is 4. The molecule has 26 heavy (non-hydrogen) atoms. The topological polar surface area (TPSA) is 78.3 Å². The molecule has 8 atom stereocenters. The number of hydrogen-bond acceptors (Lipinski definition) is 6. The monoisotopic (exact) mass is 358 g/mol. The van der Waals surface area contributed by atoms with E-state index in [1.807, 2.05) is 6.07 Å². The van der Waals surface area contributed by atoms with Gasteiger partial charge in [-0.2, -0.15) is 0 Å². The van der Waals surface area contributed by atoms with E-state index in [-0.39, 0.29) is 58.8 Å². The molecule has 0 unspecified atom stereocenters. The van der Waals surface area contributed by atoms with Crippen LogP contribution in [0.1, 0.15) is 44.3 Å². The van der Waals surface area contributed by atoms with Gasteiger partial charge in [0.05, 0.1) is 43.2 Å². The second-order valence-corrected chi connectivity index (χ2v) is 9.03. The van der Waals surface area contributed by atoms with Crippen LogP contribution in [0.4, 0.5) is 0 Å². The van der Waals surface area contributed by atoms with Crippen LogP contribution in [0, 0.1) is 28.6 Å². The Bertz CT molecular complexity index is 786. The lowest BCUT2D eigenvalue weighted by atomic mass is 9.44. The fourth-order valence-corrected chi connectivity index (χ4v) is 6.83. The SMILES string of the molecule is C[C@@]12C[C@H](c3ccoc3)OC(=O)[C@H]1CC[C@@]13COC(=O)[C@@H]1C[C@@H]1O[C@@H]1[C@@H]23. The summed E-state index contributed by atoms with van der Waals surface area (Å²) in [5, 5.41) is 0. The number of carbonyl (C=O) groups excluding carboxylic acids is 2. The molecule has 5 fully saturated rings. The Balaban J connectivity index is 1.44. The largest absolute Gasteiger partial charge is 0.472 e. The fraction of sp³-hybridized carbons (Fsp3) is 0.700. The molecule has 6 heteroatoms. The van der Waals surface area contributed by atoms with Crippen LogP contribution in [0.5, 0.6) is 0 Å². The van der Waals surface area contributed by atoms with Crippen LogP contribution in [0.3, 0.4) is 0 Å². The molecule has 4 heterocycles. The van der Waals surface area contributed by atoms with Crippen molar-refractivity contribution in [3.05, 3.63) is 24.2 Å². The second-order valence-electron chi connectivity index (χ2n) is 9.03. The summed E-state index contributed by atoms with van der Waals surface area (Å²) in [6.45, 7) is 2.68. The summed E-state index contributed by atoms with van der Waals surface area (Å²) in [4.78, 5) is 25.3. The molecule has 0 amide bonds. The molecule has 0 bridgehead atoms. The third-order valence-corrected chi connectivity index (χ3v) is 7.99. The van der Waals surface area contributed by atoms with Crippen molar-refractivity contribution in [2.75, 3.05) is 6.61 Å². The smallest absolute Gasteiger partial charge is 0.310 e. The zero-order valence-corrected chi connectivity index (χ0v) is 14.7. The lowest BCUT2D eigenvalue weighted by Crippen LogP contribution is -2.61. The van der Waals surface area contributed by atoms with Gasteiger partial charge in [0.25, 0.3) is 0 Å². The van der Waals surface area contributed by atoms with Gasteiger partial charge in [0, 0.05) is 16.9 Å². The standard InChI is InChI=1S/C20H22O6/c1-19-7-14(10-3-5-23-8-10)26-18(22)11(19)2-4-20-9-24-17(21)12(20)6-13-15(25-13)16(19)20/h3,5,8,11-16H,2,4,6-7,9H2,1H3/t11-,12+,13+,14-,15+,16+,19-,20-/m1/s1. The van der Waals surface area contributed by atoms with Gasteiger partial charge >= 0.3 is 11.9 Å². The molecule has 1 aromatic heterocycles. The molecular weight excluding hydrogens is 336 g/mol. The highest BCUT2D eigenvalue weighted by atomic mass is 16.6. The summed E-state index contributed by atoms with van der Waals surface area (Å²) in [5.74, 6) is -0.258. The highest BCUT2D eigenvalue weighted by molar-refractivity contribution is 5.78. The van der Waals surface area contributed by atoms with Gasteiger partial charge in [-0.05, 0) is 37.2 Å². The van der Waals surface area contributed by atoms with Crippen LogP contribution < -0.4 is 0 Å². The van der Waals surface area contributed by atoms with Crippen molar-refractivity contribution < 1.29 is 28.2 Å². The number of esters is 2. The number of ether oxygens (including phenoxy) is 3. The number of cyclic esters (lactones) is 2. The maximum Gasteiger partial charge on any atom is 0.310 e. The van der Waals surface area contributed by atoms with Gasteiger partial charge in [0.2, 0.25) is 0 Å². The molecule has 2 saturated carbocycles. The predicted octanol–water partition coefficient (Wildman–Crippen LogP) is 2.63. The van der Waals surface area contributed by atoms with E-state index in [0.717, 1.165) is 31.2 Å². The lowest BCUT2D eigenvalue weighted by Gasteiger charge is -2.59. The summed E-state index contributed by atoms with van der Waals surface area (Å²) in [6, 6.07) is 1.86. The van der Waals surface area contributed by atoms with E-state index in [1.54, 1.807) is 12.5 Å². The molecule has 1 aromatic rings. The van der Waals surface area contributed by atoms with Crippen LogP contribution >= 0.6 is 0 Å². The summed E-state index contributed by atoms with van der Waals surface area (Å²) in [5.41, 5.74) is 0.456. The van der Waals surface area contributed by atoms with Gasteiger partial charge in [0.1, 0.15) is 6.10 Å². The van der Waals surface area contributed by atoms with Gasteiger partial charge in [0.15, 0.2) is 0 Å². The molecule has 0 aromatic carbocycles. The van der Waals surface area contributed by atoms with Crippen LogP contribution in [0.15, 0.2) is 23.0 Å². The van der Waals surface area contributed by atoms with E-state index in [4.69, 9.17) is 18.6 Å². The van der Waals surface area contributed by atoms with E-state index in [9.17, 15) is 9.59 Å². The first-order valence-corrected chi connectivity index (χ1v) is 9.58. The van der Waals surface area contributed by atoms with Crippen LogP contribution in [-0.2, 0) is 23.8 Å². The molecule has 138 valence electrons. The molecule has 0 radical (unpaired) electrons. The number of furan rings is 1. The van der Waals surface area contributed by atoms with Gasteiger partial charge in [-0.15, -0.1) is 0 Å². The molecular formula is C20H22O6. The first-order chi connectivity index (χ1) is 12.5. The molecule has 6 rings (SSSR count). The normalized spacial score (nSPS) is 51.4. The Hall–Kier alpha value is -1.82. The summed E-state index contributed by atoms with van der Waals surface area (Å²) in [6.07, 6.45) is 6.37. The quantitative estimate of drug-likeness (QED) is 0.567. The van der Waals surface area contributed by atoms with E-state index in [0.29, 0.717) is 6.61 Å². The Morgan fingerprint density at radius 2 is 2.08 bits per heavy atom. The van der Waals surface area contributed by atoms with Gasteiger partial charge in [-0.1, -0.05) is 6.92 Å². The van der Waals surface area contributed by atoms with Gasteiger partial charge < -0.3 is 18.6 Å². The molecule has 3 saturated heterocycles. The third-order valence-electron chi connectivity index (χ3n) is 7.99. The zero-order valence-electron chi connectivity index (χ0n) is 14.7. The van der Waals surface area contributed by atoms with E-state index in [2.05, 4.69) is 6.92 Å². The van der Waals surface area contributed by atoms with Gasteiger partial charge in [-0.3, -0.25) is 9.59 Å². The average Bonchev–Trinajstić information content (AvgIpc) is 3.01. The summed E-state index contributed by atoms with van der Waals surface area (Å²) < 4.78 is 22.6. The minimum Gasteiger partial charge on any atom is -0.472 e. The minimum atomic E-state index is -0.298. The number of carbonyl (C=O) groups is 2. The van der Waals surface area contributed by atoms with Crippen molar-refractivity contribution in [1.29, 1.82) is 0 Å². The van der Waals surface area contributed by atoms with E-state index in [1.165, 1.54) is 0 Å². The molecule has 2 aliphatic carbocycles.